The number of aromatic nitrogens is 3. The number of nitrogens with one attached hydrogen (secondary N) is 2. The van der Waals surface area contributed by atoms with Crippen LogP contribution in [0.3, 0.4) is 0 Å². The summed E-state index contributed by atoms with van der Waals surface area (Å²) in [5, 5.41) is 3.44. The maximum atomic E-state index is 12.8. The van der Waals surface area contributed by atoms with Crippen LogP contribution in [-0.4, -0.2) is 51.9 Å². The number of nitrogens with zero attached hydrogens (tertiary/aromatic N) is 3. The third kappa shape index (κ3) is 4.97. The highest BCUT2D eigenvalue weighted by molar-refractivity contribution is 5.85. The van der Waals surface area contributed by atoms with Gasteiger partial charge in [0.2, 0.25) is 5.91 Å². The molecule has 0 unspecified atom stereocenters. The lowest BCUT2D eigenvalue weighted by Gasteiger charge is -2.39. The predicted molar refractivity (Wildman–Crippen MR) is 117 cm³/mol. The van der Waals surface area contributed by atoms with E-state index in [0.29, 0.717) is 22.5 Å². The van der Waals surface area contributed by atoms with Gasteiger partial charge in [-0.15, -0.1) is 24.8 Å². The number of carbonyl (C=O) groups is 1. The normalized spacial score (nSPS) is 17.5. The van der Waals surface area contributed by atoms with Crippen molar-refractivity contribution in [3.05, 3.63) is 46.1 Å². The Kier molecular flexibility index (Phi) is 7.80. The summed E-state index contributed by atoms with van der Waals surface area (Å²) in [6.45, 7) is 5.49. The molecule has 1 amide bonds. The number of halogens is 2. The van der Waals surface area contributed by atoms with Crippen LogP contribution in [-0.2, 0) is 11.2 Å². The average molecular weight is 440 g/mol. The van der Waals surface area contributed by atoms with Crippen molar-refractivity contribution in [3.8, 4) is 11.4 Å². The van der Waals surface area contributed by atoms with Gasteiger partial charge in [-0.2, -0.15) is 0 Å². The van der Waals surface area contributed by atoms with Gasteiger partial charge >= 0.3 is 0 Å². The largest absolute Gasteiger partial charge is 0.342 e. The molecular weight excluding hydrogens is 413 g/mol. The number of aromatic amines is 1. The summed E-state index contributed by atoms with van der Waals surface area (Å²) < 4.78 is 0. The molecule has 2 aliphatic heterocycles. The van der Waals surface area contributed by atoms with Crippen molar-refractivity contribution < 1.29 is 4.79 Å². The van der Waals surface area contributed by atoms with E-state index in [1.807, 2.05) is 4.90 Å². The molecule has 158 valence electrons. The maximum Gasteiger partial charge on any atom is 0.255 e. The molecule has 0 aromatic carbocycles. The third-order valence-electron chi connectivity index (χ3n) is 6.01. The zero-order chi connectivity index (χ0) is 18.9. The van der Waals surface area contributed by atoms with Crippen molar-refractivity contribution in [1.82, 2.24) is 25.2 Å². The molecule has 2 aromatic heterocycles. The summed E-state index contributed by atoms with van der Waals surface area (Å²) in [5.41, 5.74) is 2.00. The zero-order valence-corrected chi connectivity index (χ0v) is 18.1. The second kappa shape index (κ2) is 9.69. The molecule has 4 rings (SSSR count). The lowest BCUT2D eigenvalue weighted by Crippen LogP contribution is -2.45. The summed E-state index contributed by atoms with van der Waals surface area (Å²) in [5.74, 6) is 0.521. The second-order valence-corrected chi connectivity index (χ2v) is 7.70. The topological polar surface area (TPSA) is 91.0 Å². The van der Waals surface area contributed by atoms with Gasteiger partial charge in [0.25, 0.3) is 5.56 Å². The smallest absolute Gasteiger partial charge is 0.255 e. The second-order valence-electron chi connectivity index (χ2n) is 7.70. The summed E-state index contributed by atoms with van der Waals surface area (Å²) >= 11 is 0. The zero-order valence-electron chi connectivity index (χ0n) is 16.4. The molecule has 2 N–H and O–H groups in total. The molecule has 2 aromatic rings. The first-order valence-electron chi connectivity index (χ1n) is 9.55. The van der Waals surface area contributed by atoms with Crippen LogP contribution in [0.5, 0.6) is 0 Å². The Labute approximate surface area is 182 Å². The van der Waals surface area contributed by atoms with Crippen LogP contribution in [0.15, 0.2) is 29.3 Å². The van der Waals surface area contributed by atoms with Gasteiger partial charge in [-0.05, 0) is 50.3 Å². The number of likely N-dealkylation sites (tertiary alicyclic amines) is 1. The Hall–Kier alpha value is -1.96. The molecule has 29 heavy (non-hydrogen) atoms. The van der Waals surface area contributed by atoms with E-state index in [9.17, 15) is 9.59 Å². The highest BCUT2D eigenvalue weighted by Gasteiger charge is 2.38. The van der Waals surface area contributed by atoms with Crippen molar-refractivity contribution >= 4 is 30.7 Å². The minimum absolute atomic E-state index is 0. The molecule has 2 fully saturated rings. The fourth-order valence-corrected chi connectivity index (χ4v) is 4.18. The van der Waals surface area contributed by atoms with Crippen molar-refractivity contribution in [2.75, 3.05) is 26.2 Å². The molecule has 0 aliphatic carbocycles. The van der Waals surface area contributed by atoms with Crippen LogP contribution < -0.4 is 10.9 Å². The highest BCUT2D eigenvalue weighted by atomic mass is 35.5. The van der Waals surface area contributed by atoms with Gasteiger partial charge in [0.1, 0.15) is 5.82 Å². The summed E-state index contributed by atoms with van der Waals surface area (Å²) in [7, 11) is 0. The van der Waals surface area contributed by atoms with Crippen LogP contribution >= 0.6 is 24.8 Å². The monoisotopic (exact) mass is 439 g/mol. The number of hydrogen-bond donors (Lipinski definition) is 2. The minimum atomic E-state index is -0.240. The number of pyridine rings is 1. The van der Waals surface area contributed by atoms with E-state index in [1.54, 1.807) is 31.5 Å². The first-order chi connectivity index (χ1) is 13.1. The summed E-state index contributed by atoms with van der Waals surface area (Å²) in [6, 6.07) is 3.59. The first kappa shape index (κ1) is 23.3. The van der Waals surface area contributed by atoms with E-state index in [1.165, 1.54) is 6.42 Å². The van der Waals surface area contributed by atoms with Gasteiger partial charge in [0.15, 0.2) is 0 Å². The standard InChI is InChI=1S/C20H25N5O2.2ClH/c1-14-16(19(27)24-18(23-14)15-2-7-21-8-3-15)12-17(26)25-10-5-20(6-11-25)4-9-22-13-20;;/h2-3,7-8,22H,4-6,9-13H2,1H3,(H,23,24,27);2*1H. The van der Waals surface area contributed by atoms with Crippen LogP contribution in [0, 0.1) is 12.3 Å². The Morgan fingerprint density at radius 1 is 1.17 bits per heavy atom. The fraction of sp³-hybridized carbons (Fsp3) is 0.500. The van der Waals surface area contributed by atoms with Crippen LogP contribution in [0.1, 0.15) is 30.5 Å². The SMILES string of the molecule is Cc1nc(-c2ccncc2)[nH]c(=O)c1CC(=O)N1CCC2(CCNC2)CC1.Cl.Cl. The van der Waals surface area contributed by atoms with Crippen LogP contribution in [0.2, 0.25) is 0 Å². The molecule has 0 saturated carbocycles. The van der Waals surface area contributed by atoms with E-state index in [-0.39, 0.29) is 42.7 Å². The molecule has 2 aliphatic rings. The molecule has 1 spiro atoms. The van der Waals surface area contributed by atoms with Gasteiger partial charge in [-0.25, -0.2) is 4.98 Å². The van der Waals surface area contributed by atoms with Crippen LogP contribution in [0.4, 0.5) is 0 Å². The Morgan fingerprint density at radius 3 is 2.45 bits per heavy atom. The van der Waals surface area contributed by atoms with E-state index < -0.39 is 0 Å². The molecule has 0 bridgehead atoms. The van der Waals surface area contributed by atoms with Crippen molar-refractivity contribution in [2.24, 2.45) is 5.41 Å². The lowest BCUT2D eigenvalue weighted by molar-refractivity contribution is -0.132. The molecular formula is C20H27Cl2N5O2. The Balaban J connectivity index is 0.00000150. The molecule has 7 nitrogen and oxygen atoms in total. The van der Waals surface area contributed by atoms with E-state index in [2.05, 4.69) is 20.3 Å². The van der Waals surface area contributed by atoms with Gasteiger partial charge in [-0.3, -0.25) is 14.6 Å². The Morgan fingerprint density at radius 2 is 1.86 bits per heavy atom. The number of rotatable bonds is 3. The van der Waals surface area contributed by atoms with Crippen LogP contribution in [0.25, 0.3) is 11.4 Å². The van der Waals surface area contributed by atoms with Crippen molar-refractivity contribution in [3.63, 3.8) is 0 Å². The molecule has 0 atom stereocenters. The minimum Gasteiger partial charge on any atom is -0.342 e. The summed E-state index contributed by atoms with van der Waals surface area (Å²) in [6.07, 6.45) is 6.71. The van der Waals surface area contributed by atoms with E-state index in [0.717, 1.165) is 44.6 Å². The fourth-order valence-electron chi connectivity index (χ4n) is 4.18. The molecule has 4 heterocycles. The van der Waals surface area contributed by atoms with E-state index >= 15 is 0 Å². The van der Waals surface area contributed by atoms with Gasteiger partial charge in [0, 0.05) is 48.8 Å². The average Bonchev–Trinajstić information content (AvgIpc) is 3.13. The number of amides is 1. The predicted octanol–water partition coefficient (Wildman–Crippen LogP) is 2.13. The quantitative estimate of drug-likeness (QED) is 0.763. The van der Waals surface area contributed by atoms with E-state index in [4.69, 9.17) is 0 Å². The number of H-pyrrole nitrogens is 1. The number of aryl methyl sites for hydroxylation is 1. The molecule has 0 radical (unpaired) electrons. The van der Waals surface area contributed by atoms with Crippen molar-refractivity contribution in [1.29, 1.82) is 0 Å². The number of carbonyl (C=O) groups excluding carboxylic acids is 1. The third-order valence-corrected chi connectivity index (χ3v) is 6.01. The molecule has 9 heteroatoms. The van der Waals surface area contributed by atoms with Gasteiger partial charge in [0.05, 0.1) is 6.42 Å². The van der Waals surface area contributed by atoms with Crippen molar-refractivity contribution in [2.45, 2.75) is 32.6 Å². The molecule has 2 saturated heterocycles. The number of hydrogen-bond acceptors (Lipinski definition) is 5. The number of piperidine rings is 1. The Bertz CT molecular complexity index is 887. The van der Waals surface area contributed by atoms with Gasteiger partial charge < -0.3 is 15.2 Å². The highest BCUT2D eigenvalue weighted by Crippen LogP contribution is 2.36. The van der Waals surface area contributed by atoms with Gasteiger partial charge in [-0.1, -0.05) is 0 Å². The lowest BCUT2D eigenvalue weighted by atomic mass is 9.78. The summed E-state index contributed by atoms with van der Waals surface area (Å²) in [4.78, 5) is 38.5. The maximum absolute atomic E-state index is 12.8. The first-order valence-corrected chi connectivity index (χ1v) is 9.55.